The van der Waals surface area contributed by atoms with E-state index in [1.165, 1.54) is 11.1 Å². The molecule has 0 saturated heterocycles. The standard InChI is InChI=1S/C15H14BrCl/c1-3-11-5-7-15(17)13(9-11)12-8-10(2)4-6-14(12)16/h4-9H,3H2,1-2H3. The van der Waals surface area contributed by atoms with Gasteiger partial charge in [-0.3, -0.25) is 0 Å². The van der Waals surface area contributed by atoms with E-state index in [9.17, 15) is 0 Å². The van der Waals surface area contributed by atoms with Crippen molar-refractivity contribution in [2.24, 2.45) is 0 Å². The van der Waals surface area contributed by atoms with Crippen molar-refractivity contribution in [3.63, 3.8) is 0 Å². The van der Waals surface area contributed by atoms with E-state index in [4.69, 9.17) is 11.6 Å². The molecular formula is C15H14BrCl. The van der Waals surface area contributed by atoms with Crippen molar-refractivity contribution in [1.82, 2.24) is 0 Å². The molecule has 0 saturated carbocycles. The molecule has 2 rings (SSSR count). The summed E-state index contributed by atoms with van der Waals surface area (Å²) in [6.45, 7) is 4.24. The molecule has 2 aromatic carbocycles. The Labute approximate surface area is 116 Å². The van der Waals surface area contributed by atoms with Gasteiger partial charge in [0.2, 0.25) is 0 Å². The minimum Gasteiger partial charge on any atom is -0.0837 e. The van der Waals surface area contributed by atoms with Gasteiger partial charge >= 0.3 is 0 Å². The molecule has 0 heterocycles. The monoisotopic (exact) mass is 308 g/mol. The van der Waals surface area contributed by atoms with E-state index < -0.39 is 0 Å². The van der Waals surface area contributed by atoms with E-state index in [1.807, 2.05) is 6.07 Å². The van der Waals surface area contributed by atoms with E-state index in [0.717, 1.165) is 27.0 Å². The van der Waals surface area contributed by atoms with E-state index in [1.54, 1.807) is 0 Å². The molecule has 2 aromatic rings. The smallest absolute Gasteiger partial charge is 0.0484 e. The summed E-state index contributed by atoms with van der Waals surface area (Å²) in [6, 6.07) is 12.5. The maximum Gasteiger partial charge on any atom is 0.0484 e. The molecule has 0 N–H and O–H groups in total. The highest BCUT2D eigenvalue weighted by molar-refractivity contribution is 9.10. The third kappa shape index (κ3) is 2.72. The summed E-state index contributed by atoms with van der Waals surface area (Å²) >= 11 is 9.88. The van der Waals surface area contributed by atoms with Crippen LogP contribution in [0, 0.1) is 6.92 Å². The van der Waals surface area contributed by atoms with Crippen molar-refractivity contribution < 1.29 is 0 Å². The highest BCUT2D eigenvalue weighted by Crippen LogP contribution is 2.34. The van der Waals surface area contributed by atoms with Crippen LogP contribution in [0.15, 0.2) is 40.9 Å². The highest BCUT2D eigenvalue weighted by atomic mass is 79.9. The quantitative estimate of drug-likeness (QED) is 0.673. The Bertz CT molecular complexity index is 547. The molecule has 0 radical (unpaired) electrons. The fraction of sp³-hybridized carbons (Fsp3) is 0.200. The van der Waals surface area contributed by atoms with Gasteiger partial charge in [-0.2, -0.15) is 0 Å². The van der Waals surface area contributed by atoms with E-state index in [0.29, 0.717) is 0 Å². The summed E-state index contributed by atoms with van der Waals surface area (Å²) in [4.78, 5) is 0. The molecule has 0 bridgehead atoms. The minimum atomic E-state index is 0.800. The predicted octanol–water partition coefficient (Wildman–Crippen LogP) is 5.64. The number of aryl methyl sites for hydroxylation is 2. The lowest BCUT2D eigenvalue weighted by molar-refractivity contribution is 1.14. The molecule has 17 heavy (non-hydrogen) atoms. The summed E-state index contributed by atoms with van der Waals surface area (Å²) in [6.07, 6.45) is 1.02. The summed E-state index contributed by atoms with van der Waals surface area (Å²) in [5, 5.41) is 0.800. The number of rotatable bonds is 2. The van der Waals surface area contributed by atoms with Crippen molar-refractivity contribution in [1.29, 1.82) is 0 Å². The van der Waals surface area contributed by atoms with Crippen molar-refractivity contribution in [3.8, 4) is 11.1 Å². The maximum absolute atomic E-state index is 6.29. The summed E-state index contributed by atoms with van der Waals surface area (Å²) in [5.74, 6) is 0. The minimum absolute atomic E-state index is 0.800. The second-order valence-corrected chi connectivity index (χ2v) is 5.41. The molecule has 0 fully saturated rings. The fourth-order valence-electron chi connectivity index (χ4n) is 1.84. The lowest BCUT2D eigenvalue weighted by atomic mass is 10.0. The van der Waals surface area contributed by atoms with Crippen LogP contribution in [0.25, 0.3) is 11.1 Å². The summed E-state index contributed by atoms with van der Waals surface area (Å²) < 4.78 is 1.08. The Morgan fingerprint density at radius 3 is 2.53 bits per heavy atom. The first-order valence-corrected chi connectivity index (χ1v) is 6.84. The average Bonchev–Trinajstić information content (AvgIpc) is 2.33. The largest absolute Gasteiger partial charge is 0.0837 e. The normalized spacial score (nSPS) is 10.6. The average molecular weight is 310 g/mol. The summed E-state index contributed by atoms with van der Waals surface area (Å²) in [7, 11) is 0. The molecule has 0 aliphatic heterocycles. The van der Waals surface area contributed by atoms with E-state index in [-0.39, 0.29) is 0 Å². The molecule has 2 heteroatoms. The Balaban J connectivity index is 2.62. The molecule has 0 aromatic heterocycles. The molecule has 0 nitrogen and oxygen atoms in total. The number of hydrogen-bond donors (Lipinski definition) is 0. The maximum atomic E-state index is 6.29. The van der Waals surface area contributed by atoms with Gasteiger partial charge in [0.05, 0.1) is 0 Å². The zero-order valence-corrected chi connectivity index (χ0v) is 12.3. The number of hydrogen-bond acceptors (Lipinski definition) is 0. The van der Waals surface area contributed by atoms with Crippen LogP contribution in [0.2, 0.25) is 5.02 Å². The molecule has 0 aliphatic carbocycles. The predicted molar refractivity (Wildman–Crippen MR) is 78.7 cm³/mol. The SMILES string of the molecule is CCc1ccc(Cl)c(-c2cc(C)ccc2Br)c1. The first-order chi connectivity index (χ1) is 8.11. The van der Waals surface area contributed by atoms with E-state index >= 15 is 0 Å². The van der Waals surface area contributed by atoms with Crippen molar-refractivity contribution in [2.75, 3.05) is 0 Å². The Hall–Kier alpha value is -0.790. The van der Waals surface area contributed by atoms with Gasteiger partial charge in [0.15, 0.2) is 0 Å². The van der Waals surface area contributed by atoms with Gasteiger partial charge in [0, 0.05) is 15.1 Å². The van der Waals surface area contributed by atoms with Gasteiger partial charge in [-0.25, -0.2) is 0 Å². The van der Waals surface area contributed by atoms with E-state index in [2.05, 4.69) is 60.1 Å². The molecule has 0 unspecified atom stereocenters. The van der Waals surface area contributed by atoms with Crippen LogP contribution in [-0.4, -0.2) is 0 Å². The number of benzene rings is 2. The lowest BCUT2D eigenvalue weighted by Gasteiger charge is -2.10. The van der Waals surface area contributed by atoms with Crippen LogP contribution < -0.4 is 0 Å². The molecule has 88 valence electrons. The van der Waals surface area contributed by atoms with Crippen molar-refractivity contribution >= 4 is 27.5 Å². The van der Waals surface area contributed by atoms with Gasteiger partial charge in [-0.05, 0) is 42.7 Å². The van der Waals surface area contributed by atoms with Gasteiger partial charge in [-0.15, -0.1) is 0 Å². The number of halogens is 2. The summed E-state index contributed by atoms with van der Waals surface area (Å²) in [5.41, 5.74) is 4.80. The Morgan fingerprint density at radius 2 is 1.82 bits per heavy atom. The first-order valence-electron chi connectivity index (χ1n) is 5.66. The van der Waals surface area contributed by atoms with Gasteiger partial charge < -0.3 is 0 Å². The third-order valence-corrected chi connectivity index (χ3v) is 3.87. The van der Waals surface area contributed by atoms with Crippen LogP contribution >= 0.6 is 27.5 Å². The fourth-order valence-corrected chi connectivity index (χ4v) is 2.52. The second-order valence-electron chi connectivity index (χ2n) is 4.15. The van der Waals surface area contributed by atoms with Gasteiger partial charge in [-0.1, -0.05) is 58.2 Å². The first kappa shape index (κ1) is 12.7. The lowest BCUT2D eigenvalue weighted by Crippen LogP contribution is -1.87. The zero-order chi connectivity index (χ0) is 12.4. The molecular weight excluding hydrogens is 296 g/mol. The van der Waals surface area contributed by atoms with Crippen LogP contribution in [0.5, 0.6) is 0 Å². The van der Waals surface area contributed by atoms with Crippen LogP contribution in [0.4, 0.5) is 0 Å². The molecule has 0 amide bonds. The zero-order valence-electron chi connectivity index (χ0n) is 9.93. The van der Waals surface area contributed by atoms with Crippen LogP contribution in [-0.2, 0) is 6.42 Å². The second kappa shape index (κ2) is 5.24. The topological polar surface area (TPSA) is 0 Å². The van der Waals surface area contributed by atoms with Crippen LogP contribution in [0.1, 0.15) is 18.1 Å². The van der Waals surface area contributed by atoms with Crippen LogP contribution in [0.3, 0.4) is 0 Å². The Morgan fingerprint density at radius 1 is 1.06 bits per heavy atom. The third-order valence-electron chi connectivity index (χ3n) is 2.85. The van der Waals surface area contributed by atoms with Crippen molar-refractivity contribution in [3.05, 3.63) is 57.0 Å². The van der Waals surface area contributed by atoms with Gasteiger partial charge in [0.1, 0.15) is 0 Å². The highest BCUT2D eigenvalue weighted by Gasteiger charge is 2.08. The molecule has 0 atom stereocenters. The van der Waals surface area contributed by atoms with Gasteiger partial charge in [0.25, 0.3) is 0 Å². The molecule has 0 aliphatic rings. The molecule has 0 spiro atoms. The van der Waals surface area contributed by atoms with Crippen molar-refractivity contribution in [2.45, 2.75) is 20.3 Å². The Kier molecular flexibility index (Phi) is 3.90.